The van der Waals surface area contributed by atoms with E-state index >= 15 is 0 Å². The molecule has 1 aromatic rings. The van der Waals surface area contributed by atoms with Crippen molar-refractivity contribution in [2.24, 2.45) is 0 Å². The molecule has 0 aromatic carbocycles. The molecule has 19 heavy (non-hydrogen) atoms. The minimum atomic E-state index is -0.974. The maximum Gasteiger partial charge on any atom is 0.339 e. The number of nitrogens with zero attached hydrogens (tertiary/aromatic N) is 2. The Bertz CT molecular complexity index is 470. The van der Waals surface area contributed by atoms with Crippen molar-refractivity contribution in [3.63, 3.8) is 0 Å². The van der Waals surface area contributed by atoms with Gasteiger partial charge in [0.1, 0.15) is 11.2 Å². The van der Waals surface area contributed by atoms with Crippen LogP contribution >= 0.6 is 0 Å². The molecule has 5 nitrogen and oxygen atoms in total. The van der Waals surface area contributed by atoms with Gasteiger partial charge in [-0.1, -0.05) is 0 Å². The Labute approximate surface area is 113 Å². The largest absolute Gasteiger partial charge is 0.478 e. The number of rotatable bonds is 4. The zero-order valence-corrected chi connectivity index (χ0v) is 11.7. The van der Waals surface area contributed by atoms with Gasteiger partial charge in [-0.2, -0.15) is 0 Å². The minimum absolute atomic E-state index is 0.202. The van der Waals surface area contributed by atoms with E-state index in [1.165, 1.54) is 0 Å². The van der Waals surface area contributed by atoms with Gasteiger partial charge >= 0.3 is 5.97 Å². The summed E-state index contributed by atoms with van der Waals surface area (Å²) in [5.74, 6) is -0.328. The summed E-state index contributed by atoms with van der Waals surface area (Å²) >= 11 is 0. The second kappa shape index (κ2) is 5.25. The first-order chi connectivity index (χ1) is 9.00. The molecular weight excluding hydrogens is 244 g/mol. The van der Waals surface area contributed by atoms with Crippen LogP contribution in [-0.2, 0) is 10.3 Å². The van der Waals surface area contributed by atoms with E-state index in [-0.39, 0.29) is 5.56 Å². The number of carboxylic acid groups (broad SMARTS) is 1. The van der Waals surface area contributed by atoms with Crippen molar-refractivity contribution in [2.75, 3.05) is 6.61 Å². The Morgan fingerprint density at radius 3 is 2.21 bits per heavy atom. The summed E-state index contributed by atoms with van der Waals surface area (Å²) < 4.78 is 5.91. The summed E-state index contributed by atoms with van der Waals surface area (Å²) in [5.41, 5.74) is 0.816. The van der Waals surface area contributed by atoms with E-state index in [0.717, 1.165) is 25.7 Å². The summed E-state index contributed by atoms with van der Waals surface area (Å²) in [6.45, 7) is 6.01. The molecule has 5 heteroatoms. The zero-order chi connectivity index (χ0) is 14.0. The van der Waals surface area contributed by atoms with Gasteiger partial charge in [-0.05, 0) is 46.5 Å². The molecule has 1 saturated carbocycles. The average molecular weight is 264 g/mol. The van der Waals surface area contributed by atoms with Crippen molar-refractivity contribution in [1.82, 2.24) is 9.97 Å². The first-order valence-corrected chi connectivity index (χ1v) is 6.73. The van der Waals surface area contributed by atoms with Gasteiger partial charge in [-0.3, -0.25) is 0 Å². The molecule has 1 aliphatic rings. The fourth-order valence-electron chi connectivity index (χ4n) is 2.88. The standard InChI is InChI=1S/C14H20N2O3/c1-4-19-14(7-5-6-8-14)13-15-9(2)11(12(17)18)10(3)16-13/h4-8H2,1-3H3,(H,17,18). The van der Waals surface area contributed by atoms with Crippen molar-refractivity contribution in [2.45, 2.75) is 52.1 Å². The highest BCUT2D eigenvalue weighted by Crippen LogP contribution is 2.40. The minimum Gasteiger partial charge on any atom is -0.478 e. The predicted molar refractivity (Wildman–Crippen MR) is 70.2 cm³/mol. The highest BCUT2D eigenvalue weighted by molar-refractivity contribution is 5.89. The third-order valence-electron chi connectivity index (χ3n) is 3.72. The average Bonchev–Trinajstić information content (AvgIpc) is 2.77. The zero-order valence-electron chi connectivity index (χ0n) is 11.7. The number of aryl methyl sites for hydroxylation is 2. The van der Waals surface area contributed by atoms with Crippen LogP contribution in [0.3, 0.4) is 0 Å². The fourth-order valence-corrected chi connectivity index (χ4v) is 2.88. The highest BCUT2D eigenvalue weighted by atomic mass is 16.5. The monoisotopic (exact) mass is 264 g/mol. The van der Waals surface area contributed by atoms with E-state index in [4.69, 9.17) is 9.84 Å². The molecule has 1 aliphatic carbocycles. The number of aromatic carboxylic acids is 1. The maximum atomic E-state index is 11.2. The Morgan fingerprint density at radius 1 is 1.26 bits per heavy atom. The van der Waals surface area contributed by atoms with E-state index in [2.05, 4.69) is 9.97 Å². The van der Waals surface area contributed by atoms with E-state index in [9.17, 15) is 4.79 Å². The Balaban J connectivity index is 2.48. The normalized spacial score (nSPS) is 17.6. The summed E-state index contributed by atoms with van der Waals surface area (Å²) in [7, 11) is 0. The van der Waals surface area contributed by atoms with Crippen LogP contribution in [0.25, 0.3) is 0 Å². The second-order valence-corrected chi connectivity index (χ2v) is 5.03. The molecule has 0 spiro atoms. The molecule has 1 heterocycles. The molecule has 0 amide bonds. The van der Waals surface area contributed by atoms with Gasteiger partial charge in [0.25, 0.3) is 0 Å². The molecular formula is C14H20N2O3. The molecule has 0 bridgehead atoms. The first-order valence-electron chi connectivity index (χ1n) is 6.73. The lowest BCUT2D eigenvalue weighted by Crippen LogP contribution is -2.30. The number of carbonyl (C=O) groups is 1. The van der Waals surface area contributed by atoms with Gasteiger partial charge in [-0.15, -0.1) is 0 Å². The number of hydrogen-bond acceptors (Lipinski definition) is 4. The van der Waals surface area contributed by atoms with Gasteiger partial charge in [0.05, 0.1) is 11.4 Å². The smallest absolute Gasteiger partial charge is 0.339 e. The SMILES string of the molecule is CCOC1(c2nc(C)c(C(=O)O)c(C)n2)CCCC1. The van der Waals surface area contributed by atoms with E-state index in [0.29, 0.717) is 23.8 Å². The van der Waals surface area contributed by atoms with Crippen molar-refractivity contribution < 1.29 is 14.6 Å². The molecule has 0 unspecified atom stereocenters. The Kier molecular flexibility index (Phi) is 3.85. The van der Waals surface area contributed by atoms with Gasteiger partial charge in [0.2, 0.25) is 0 Å². The van der Waals surface area contributed by atoms with Crippen LogP contribution in [-0.4, -0.2) is 27.7 Å². The van der Waals surface area contributed by atoms with Crippen LogP contribution in [0.4, 0.5) is 0 Å². The van der Waals surface area contributed by atoms with Crippen LogP contribution in [0.2, 0.25) is 0 Å². The van der Waals surface area contributed by atoms with E-state index < -0.39 is 11.6 Å². The van der Waals surface area contributed by atoms with Gasteiger partial charge in [-0.25, -0.2) is 14.8 Å². The number of ether oxygens (including phenoxy) is 1. The molecule has 0 atom stereocenters. The number of aromatic nitrogens is 2. The molecule has 0 saturated heterocycles. The molecule has 1 fully saturated rings. The molecule has 0 radical (unpaired) electrons. The highest BCUT2D eigenvalue weighted by Gasteiger charge is 2.39. The van der Waals surface area contributed by atoms with Crippen LogP contribution in [0, 0.1) is 13.8 Å². The van der Waals surface area contributed by atoms with Gasteiger partial charge < -0.3 is 9.84 Å². The van der Waals surface area contributed by atoms with Gasteiger partial charge in [0.15, 0.2) is 5.82 Å². The Morgan fingerprint density at radius 2 is 1.79 bits per heavy atom. The van der Waals surface area contributed by atoms with Crippen molar-refractivity contribution >= 4 is 5.97 Å². The van der Waals surface area contributed by atoms with Crippen LogP contribution in [0.5, 0.6) is 0 Å². The van der Waals surface area contributed by atoms with Crippen LogP contribution in [0.1, 0.15) is 60.2 Å². The third kappa shape index (κ3) is 2.47. The van der Waals surface area contributed by atoms with E-state index in [1.807, 2.05) is 6.92 Å². The summed E-state index contributed by atoms with van der Waals surface area (Å²) in [5, 5.41) is 9.16. The summed E-state index contributed by atoms with van der Waals surface area (Å²) in [4.78, 5) is 20.0. The van der Waals surface area contributed by atoms with Crippen LogP contribution in [0.15, 0.2) is 0 Å². The lowest BCUT2D eigenvalue weighted by Gasteiger charge is -2.28. The fraction of sp³-hybridized carbons (Fsp3) is 0.643. The summed E-state index contributed by atoms with van der Waals surface area (Å²) in [6, 6.07) is 0. The Hall–Kier alpha value is -1.49. The number of carboxylic acids is 1. The van der Waals surface area contributed by atoms with Crippen molar-refractivity contribution in [3.8, 4) is 0 Å². The molecule has 1 N–H and O–H groups in total. The first kappa shape index (κ1) is 13.9. The predicted octanol–water partition coefficient (Wildman–Crippen LogP) is 2.60. The number of hydrogen-bond donors (Lipinski definition) is 1. The molecule has 104 valence electrons. The molecule has 2 rings (SSSR count). The molecule has 0 aliphatic heterocycles. The van der Waals surface area contributed by atoms with Crippen molar-refractivity contribution in [1.29, 1.82) is 0 Å². The summed E-state index contributed by atoms with van der Waals surface area (Å²) in [6.07, 6.45) is 4.02. The van der Waals surface area contributed by atoms with Crippen molar-refractivity contribution in [3.05, 3.63) is 22.8 Å². The topological polar surface area (TPSA) is 72.3 Å². The lowest BCUT2D eigenvalue weighted by atomic mass is 10.00. The third-order valence-corrected chi connectivity index (χ3v) is 3.72. The van der Waals surface area contributed by atoms with E-state index in [1.54, 1.807) is 13.8 Å². The second-order valence-electron chi connectivity index (χ2n) is 5.03. The molecule has 1 aromatic heterocycles. The quantitative estimate of drug-likeness (QED) is 0.905. The van der Waals surface area contributed by atoms with Crippen LogP contribution < -0.4 is 0 Å². The lowest BCUT2D eigenvalue weighted by molar-refractivity contribution is -0.0459. The van der Waals surface area contributed by atoms with Gasteiger partial charge in [0, 0.05) is 6.61 Å². The maximum absolute atomic E-state index is 11.2.